The molecule has 1 fully saturated rings. The lowest BCUT2D eigenvalue weighted by Crippen LogP contribution is -2.46. The van der Waals surface area contributed by atoms with Crippen LogP contribution in [0.3, 0.4) is 0 Å². The van der Waals surface area contributed by atoms with Crippen LogP contribution in [0.5, 0.6) is 0 Å². The predicted molar refractivity (Wildman–Crippen MR) is 82.8 cm³/mol. The van der Waals surface area contributed by atoms with E-state index in [1.54, 1.807) is 18.4 Å². The Balaban J connectivity index is 2.00. The summed E-state index contributed by atoms with van der Waals surface area (Å²) >= 11 is 1.76. The Bertz CT molecular complexity index is 488. The molecule has 2 heterocycles. The highest BCUT2D eigenvalue weighted by Crippen LogP contribution is 2.26. The molecule has 1 aromatic rings. The minimum atomic E-state index is -0.0156. The van der Waals surface area contributed by atoms with E-state index in [0.717, 1.165) is 31.6 Å². The van der Waals surface area contributed by atoms with Crippen LogP contribution in [0.15, 0.2) is 11.4 Å². The van der Waals surface area contributed by atoms with E-state index in [0.29, 0.717) is 6.42 Å². The van der Waals surface area contributed by atoms with Crippen molar-refractivity contribution in [1.29, 1.82) is 0 Å². The molecular weight excluding hydrogens is 270 g/mol. The first kappa shape index (κ1) is 15.5. The molecule has 0 bridgehead atoms. The Hall–Kier alpha value is -0.860. The highest BCUT2D eigenvalue weighted by molar-refractivity contribution is 7.10. The van der Waals surface area contributed by atoms with E-state index in [9.17, 15) is 0 Å². The average molecular weight is 293 g/mol. The summed E-state index contributed by atoms with van der Waals surface area (Å²) in [6, 6.07) is 2.07. The van der Waals surface area contributed by atoms with Gasteiger partial charge in [0, 0.05) is 37.1 Å². The Morgan fingerprint density at radius 3 is 3.15 bits per heavy atom. The van der Waals surface area contributed by atoms with Crippen molar-refractivity contribution in [2.75, 3.05) is 26.8 Å². The minimum Gasteiger partial charge on any atom is -0.395 e. The van der Waals surface area contributed by atoms with Gasteiger partial charge in [-0.3, -0.25) is 4.90 Å². The van der Waals surface area contributed by atoms with Crippen LogP contribution in [0.4, 0.5) is 0 Å². The van der Waals surface area contributed by atoms with E-state index in [1.165, 1.54) is 11.3 Å². The SMILES string of the molecule is COC1(C)CCCN(Cc2sccc2C#CCCO)C1. The van der Waals surface area contributed by atoms with Crippen molar-refractivity contribution in [3.63, 3.8) is 0 Å². The zero-order chi connectivity index (χ0) is 14.4. The molecule has 1 aliphatic rings. The van der Waals surface area contributed by atoms with Crippen LogP contribution in [0.25, 0.3) is 0 Å². The lowest BCUT2D eigenvalue weighted by molar-refractivity contribution is -0.0525. The van der Waals surface area contributed by atoms with Gasteiger partial charge < -0.3 is 9.84 Å². The van der Waals surface area contributed by atoms with Crippen LogP contribution in [-0.2, 0) is 11.3 Å². The summed E-state index contributed by atoms with van der Waals surface area (Å²) in [5, 5.41) is 10.9. The molecule has 110 valence electrons. The van der Waals surface area contributed by atoms with Gasteiger partial charge in [0.05, 0.1) is 12.2 Å². The molecule has 2 rings (SSSR count). The molecule has 0 saturated carbocycles. The molecule has 1 N–H and O–H groups in total. The average Bonchev–Trinajstić information content (AvgIpc) is 2.87. The first-order chi connectivity index (χ1) is 9.67. The van der Waals surface area contributed by atoms with Crippen LogP contribution in [0.2, 0.25) is 0 Å². The second-order valence-corrected chi connectivity index (χ2v) is 6.50. The van der Waals surface area contributed by atoms with E-state index in [1.807, 2.05) is 0 Å². The normalized spacial score (nSPS) is 23.4. The fraction of sp³-hybridized carbons (Fsp3) is 0.625. The number of rotatable bonds is 4. The monoisotopic (exact) mass is 293 g/mol. The van der Waals surface area contributed by atoms with Crippen LogP contribution < -0.4 is 0 Å². The van der Waals surface area contributed by atoms with E-state index in [2.05, 4.69) is 35.1 Å². The summed E-state index contributed by atoms with van der Waals surface area (Å²) in [5.74, 6) is 6.17. The van der Waals surface area contributed by atoms with Crippen molar-refractivity contribution in [3.05, 3.63) is 21.9 Å². The number of methoxy groups -OCH3 is 1. The Morgan fingerprint density at radius 2 is 2.40 bits per heavy atom. The molecule has 1 saturated heterocycles. The summed E-state index contributed by atoms with van der Waals surface area (Å²) < 4.78 is 5.64. The third-order valence-electron chi connectivity index (χ3n) is 3.80. The van der Waals surface area contributed by atoms with Crippen molar-refractivity contribution >= 4 is 11.3 Å². The van der Waals surface area contributed by atoms with Gasteiger partial charge in [0.25, 0.3) is 0 Å². The molecule has 20 heavy (non-hydrogen) atoms. The fourth-order valence-corrected chi connectivity index (χ4v) is 3.47. The van der Waals surface area contributed by atoms with Gasteiger partial charge in [-0.05, 0) is 37.8 Å². The zero-order valence-corrected chi connectivity index (χ0v) is 13.1. The quantitative estimate of drug-likeness (QED) is 0.866. The molecule has 1 atom stereocenters. The summed E-state index contributed by atoms with van der Waals surface area (Å²) in [4.78, 5) is 3.77. The van der Waals surface area contributed by atoms with Gasteiger partial charge in [-0.1, -0.05) is 11.8 Å². The van der Waals surface area contributed by atoms with E-state index < -0.39 is 0 Å². The molecule has 1 aliphatic heterocycles. The molecule has 0 spiro atoms. The van der Waals surface area contributed by atoms with Crippen LogP contribution in [0.1, 0.15) is 36.6 Å². The number of ether oxygens (including phenoxy) is 1. The van der Waals surface area contributed by atoms with Gasteiger partial charge >= 0.3 is 0 Å². The van der Waals surface area contributed by atoms with E-state index >= 15 is 0 Å². The first-order valence-electron chi connectivity index (χ1n) is 7.10. The molecular formula is C16H23NO2S. The molecule has 1 unspecified atom stereocenters. The Kier molecular flexibility index (Phi) is 5.62. The second kappa shape index (κ2) is 7.24. The minimum absolute atomic E-state index is 0.0156. The second-order valence-electron chi connectivity index (χ2n) is 5.50. The van der Waals surface area contributed by atoms with Gasteiger partial charge in [0.2, 0.25) is 0 Å². The van der Waals surface area contributed by atoms with Gasteiger partial charge in [-0.25, -0.2) is 0 Å². The summed E-state index contributed by atoms with van der Waals surface area (Å²) in [7, 11) is 1.81. The number of hydrogen-bond donors (Lipinski definition) is 1. The zero-order valence-electron chi connectivity index (χ0n) is 12.3. The number of likely N-dealkylation sites (tertiary alicyclic amines) is 1. The maximum Gasteiger partial charge on any atom is 0.0777 e. The maximum atomic E-state index is 8.79. The topological polar surface area (TPSA) is 32.7 Å². The Morgan fingerprint density at radius 1 is 1.55 bits per heavy atom. The van der Waals surface area contributed by atoms with Crippen molar-refractivity contribution in [2.45, 2.75) is 38.3 Å². The number of piperidine rings is 1. The smallest absolute Gasteiger partial charge is 0.0777 e. The van der Waals surface area contributed by atoms with Crippen LogP contribution in [-0.4, -0.2) is 42.4 Å². The van der Waals surface area contributed by atoms with Crippen molar-refractivity contribution in [3.8, 4) is 11.8 Å². The van der Waals surface area contributed by atoms with Crippen LogP contribution in [0, 0.1) is 11.8 Å². The lowest BCUT2D eigenvalue weighted by atomic mass is 9.94. The predicted octanol–water partition coefficient (Wildman–Crippen LogP) is 2.48. The third kappa shape index (κ3) is 4.07. The van der Waals surface area contributed by atoms with Crippen molar-refractivity contribution in [2.24, 2.45) is 0 Å². The molecule has 4 heteroatoms. The van der Waals surface area contributed by atoms with Gasteiger partial charge in [0.1, 0.15) is 0 Å². The number of aliphatic hydroxyl groups excluding tert-OH is 1. The highest BCUT2D eigenvalue weighted by atomic mass is 32.1. The highest BCUT2D eigenvalue weighted by Gasteiger charge is 2.30. The summed E-state index contributed by atoms with van der Waals surface area (Å²) in [5.41, 5.74) is 1.09. The molecule has 0 amide bonds. The number of nitrogens with zero attached hydrogens (tertiary/aromatic N) is 1. The largest absolute Gasteiger partial charge is 0.395 e. The molecule has 0 aromatic carbocycles. The fourth-order valence-electron chi connectivity index (χ4n) is 2.60. The Labute approximate surface area is 125 Å². The first-order valence-corrected chi connectivity index (χ1v) is 7.98. The molecule has 0 aliphatic carbocycles. The molecule has 1 aromatic heterocycles. The third-order valence-corrected chi connectivity index (χ3v) is 4.71. The summed E-state index contributed by atoms with van der Waals surface area (Å²) in [6.07, 6.45) is 2.86. The van der Waals surface area contributed by atoms with E-state index in [-0.39, 0.29) is 12.2 Å². The lowest BCUT2D eigenvalue weighted by Gasteiger charge is -2.39. The van der Waals surface area contributed by atoms with Gasteiger partial charge in [-0.2, -0.15) is 0 Å². The molecule has 3 nitrogen and oxygen atoms in total. The van der Waals surface area contributed by atoms with E-state index in [4.69, 9.17) is 9.84 Å². The van der Waals surface area contributed by atoms with Crippen molar-refractivity contribution < 1.29 is 9.84 Å². The number of thiophene rings is 1. The van der Waals surface area contributed by atoms with Gasteiger partial charge in [-0.15, -0.1) is 11.3 Å². The number of aliphatic hydroxyl groups is 1. The summed E-state index contributed by atoms with van der Waals surface area (Å²) in [6.45, 7) is 5.37. The maximum absolute atomic E-state index is 8.79. The van der Waals surface area contributed by atoms with Crippen LogP contribution >= 0.6 is 11.3 Å². The van der Waals surface area contributed by atoms with Crippen molar-refractivity contribution in [1.82, 2.24) is 4.90 Å². The van der Waals surface area contributed by atoms with Gasteiger partial charge in [0.15, 0.2) is 0 Å². The number of hydrogen-bond acceptors (Lipinski definition) is 4. The standard InChI is InChI=1S/C16H23NO2S/c1-16(19-2)8-5-9-17(13-16)12-15-14(7-11-20-15)6-3-4-10-18/h7,11,18H,4-5,8-10,12-13H2,1-2H3. The molecule has 0 radical (unpaired) electrons.